The van der Waals surface area contributed by atoms with Crippen LogP contribution in [0, 0.1) is 6.92 Å². The Morgan fingerprint density at radius 2 is 2.09 bits per heavy atom. The van der Waals surface area contributed by atoms with Gasteiger partial charge in [-0.3, -0.25) is 0 Å². The monoisotopic (exact) mass is 214 g/mol. The van der Waals surface area contributed by atoms with Crippen molar-refractivity contribution >= 4 is 15.9 Å². The van der Waals surface area contributed by atoms with Crippen LogP contribution in [-0.4, -0.2) is 5.11 Å². The van der Waals surface area contributed by atoms with E-state index < -0.39 is 0 Å². The Bertz CT molecular complexity index is 256. The Hall–Kier alpha value is -0.340. The van der Waals surface area contributed by atoms with Crippen molar-refractivity contribution in [2.24, 2.45) is 0 Å². The number of hydrogen-bond acceptors (Lipinski definition) is 1. The van der Waals surface area contributed by atoms with Gasteiger partial charge in [-0.25, -0.2) is 0 Å². The third kappa shape index (κ3) is 2.04. The van der Waals surface area contributed by atoms with E-state index in [0.717, 1.165) is 10.0 Å². The normalized spacial score (nSPS) is 13.1. The summed E-state index contributed by atoms with van der Waals surface area (Å²) in [6.07, 6.45) is -0.383. The Morgan fingerprint density at radius 1 is 1.45 bits per heavy atom. The standard InChI is InChI=1S/C9H11BrO/c1-6-3-4-8(7(2)11)5-9(6)10/h3-5,7,11H,1-2H3. The lowest BCUT2D eigenvalue weighted by atomic mass is 10.1. The average Bonchev–Trinajstić information content (AvgIpc) is 1.94. The van der Waals surface area contributed by atoms with E-state index in [1.54, 1.807) is 6.92 Å². The molecule has 0 heterocycles. The van der Waals surface area contributed by atoms with E-state index in [1.165, 1.54) is 5.56 Å². The summed E-state index contributed by atoms with van der Waals surface area (Å²) < 4.78 is 1.05. The summed E-state index contributed by atoms with van der Waals surface area (Å²) in [5.74, 6) is 0. The van der Waals surface area contributed by atoms with E-state index in [9.17, 15) is 5.11 Å². The van der Waals surface area contributed by atoms with Gasteiger partial charge in [0.05, 0.1) is 6.10 Å². The fourth-order valence-corrected chi connectivity index (χ4v) is 1.27. The SMILES string of the molecule is Cc1ccc(C(C)O)cc1Br. The molecule has 0 amide bonds. The molecule has 1 atom stereocenters. The van der Waals surface area contributed by atoms with Gasteiger partial charge >= 0.3 is 0 Å². The number of benzene rings is 1. The number of hydrogen-bond donors (Lipinski definition) is 1. The number of aliphatic hydroxyl groups excluding tert-OH is 1. The first-order valence-electron chi connectivity index (χ1n) is 3.55. The Balaban J connectivity index is 3.05. The molecule has 0 spiro atoms. The largest absolute Gasteiger partial charge is 0.389 e. The fraction of sp³-hybridized carbons (Fsp3) is 0.333. The van der Waals surface area contributed by atoms with Crippen LogP contribution in [0.2, 0.25) is 0 Å². The molecule has 2 heteroatoms. The molecule has 1 aromatic rings. The molecule has 0 aliphatic rings. The number of aryl methyl sites for hydroxylation is 1. The smallest absolute Gasteiger partial charge is 0.0762 e. The van der Waals surface area contributed by atoms with Crippen LogP contribution in [0.5, 0.6) is 0 Å². The summed E-state index contributed by atoms with van der Waals surface area (Å²) in [5, 5.41) is 9.22. The molecule has 1 N–H and O–H groups in total. The molecule has 0 saturated carbocycles. The predicted molar refractivity (Wildman–Crippen MR) is 49.5 cm³/mol. The van der Waals surface area contributed by atoms with Gasteiger partial charge in [0.25, 0.3) is 0 Å². The summed E-state index contributed by atoms with van der Waals surface area (Å²) >= 11 is 3.40. The molecule has 0 aliphatic carbocycles. The van der Waals surface area contributed by atoms with Gasteiger partial charge in [0, 0.05) is 4.47 Å². The summed E-state index contributed by atoms with van der Waals surface area (Å²) in [6.45, 7) is 3.78. The molecule has 1 nitrogen and oxygen atoms in total. The average molecular weight is 215 g/mol. The highest BCUT2D eigenvalue weighted by Gasteiger charge is 2.01. The Labute approximate surface area is 75.2 Å². The number of halogens is 1. The van der Waals surface area contributed by atoms with Crippen LogP contribution < -0.4 is 0 Å². The Kier molecular flexibility index (Phi) is 2.68. The van der Waals surface area contributed by atoms with Crippen molar-refractivity contribution in [3.8, 4) is 0 Å². The lowest BCUT2D eigenvalue weighted by molar-refractivity contribution is 0.199. The molecule has 1 aromatic carbocycles. The van der Waals surface area contributed by atoms with Gasteiger partial charge in [-0.1, -0.05) is 28.1 Å². The van der Waals surface area contributed by atoms with Crippen molar-refractivity contribution in [3.63, 3.8) is 0 Å². The maximum absolute atomic E-state index is 9.22. The van der Waals surface area contributed by atoms with Gasteiger partial charge in [0.2, 0.25) is 0 Å². The molecular weight excluding hydrogens is 204 g/mol. The molecule has 0 bridgehead atoms. The number of aliphatic hydroxyl groups is 1. The topological polar surface area (TPSA) is 20.2 Å². The van der Waals surface area contributed by atoms with Crippen molar-refractivity contribution in [2.75, 3.05) is 0 Å². The Morgan fingerprint density at radius 3 is 2.55 bits per heavy atom. The first-order chi connectivity index (χ1) is 5.11. The third-order valence-corrected chi connectivity index (χ3v) is 2.53. The van der Waals surface area contributed by atoms with Crippen molar-refractivity contribution in [2.45, 2.75) is 20.0 Å². The van der Waals surface area contributed by atoms with Crippen molar-refractivity contribution in [3.05, 3.63) is 33.8 Å². The van der Waals surface area contributed by atoms with Gasteiger partial charge in [-0.2, -0.15) is 0 Å². The summed E-state index contributed by atoms with van der Waals surface area (Å²) in [7, 11) is 0. The lowest BCUT2D eigenvalue weighted by Crippen LogP contribution is -1.90. The maximum Gasteiger partial charge on any atom is 0.0762 e. The van der Waals surface area contributed by atoms with Crippen molar-refractivity contribution < 1.29 is 5.11 Å². The molecule has 0 saturated heterocycles. The summed E-state index contributed by atoms with van der Waals surface area (Å²) in [6, 6.07) is 5.87. The third-order valence-electron chi connectivity index (χ3n) is 1.68. The van der Waals surface area contributed by atoms with Crippen molar-refractivity contribution in [1.29, 1.82) is 0 Å². The van der Waals surface area contributed by atoms with E-state index in [2.05, 4.69) is 15.9 Å². The zero-order valence-corrected chi connectivity index (χ0v) is 8.22. The van der Waals surface area contributed by atoms with E-state index in [0.29, 0.717) is 0 Å². The molecule has 0 radical (unpaired) electrons. The van der Waals surface area contributed by atoms with Crippen LogP contribution >= 0.6 is 15.9 Å². The first kappa shape index (κ1) is 8.75. The lowest BCUT2D eigenvalue weighted by Gasteiger charge is -2.05. The molecule has 60 valence electrons. The highest BCUT2D eigenvalue weighted by atomic mass is 79.9. The fourth-order valence-electron chi connectivity index (χ4n) is 0.869. The zero-order valence-electron chi connectivity index (χ0n) is 6.63. The molecule has 0 fully saturated rings. The molecular formula is C9H11BrO. The van der Waals surface area contributed by atoms with Crippen LogP contribution in [0.1, 0.15) is 24.2 Å². The minimum Gasteiger partial charge on any atom is -0.389 e. The van der Waals surface area contributed by atoms with E-state index in [4.69, 9.17) is 0 Å². The van der Waals surface area contributed by atoms with Crippen molar-refractivity contribution in [1.82, 2.24) is 0 Å². The minimum atomic E-state index is -0.383. The van der Waals surface area contributed by atoms with Crippen LogP contribution in [-0.2, 0) is 0 Å². The molecule has 1 rings (SSSR count). The van der Waals surface area contributed by atoms with E-state index in [1.807, 2.05) is 25.1 Å². The summed E-state index contributed by atoms with van der Waals surface area (Å²) in [5.41, 5.74) is 2.14. The highest BCUT2D eigenvalue weighted by molar-refractivity contribution is 9.10. The van der Waals surface area contributed by atoms with Gasteiger partial charge in [0.15, 0.2) is 0 Å². The van der Waals surface area contributed by atoms with Gasteiger partial charge in [0.1, 0.15) is 0 Å². The maximum atomic E-state index is 9.22. The summed E-state index contributed by atoms with van der Waals surface area (Å²) in [4.78, 5) is 0. The van der Waals surface area contributed by atoms with Crippen LogP contribution in [0.4, 0.5) is 0 Å². The second-order valence-corrected chi connectivity index (χ2v) is 3.54. The molecule has 1 unspecified atom stereocenters. The molecule has 0 aliphatic heterocycles. The van der Waals surface area contributed by atoms with Gasteiger partial charge in [-0.05, 0) is 31.0 Å². The molecule has 11 heavy (non-hydrogen) atoms. The van der Waals surface area contributed by atoms with Crippen LogP contribution in [0.15, 0.2) is 22.7 Å². The zero-order chi connectivity index (χ0) is 8.43. The van der Waals surface area contributed by atoms with Gasteiger partial charge < -0.3 is 5.11 Å². The van der Waals surface area contributed by atoms with Gasteiger partial charge in [-0.15, -0.1) is 0 Å². The second kappa shape index (κ2) is 3.37. The predicted octanol–water partition coefficient (Wildman–Crippen LogP) is 2.81. The number of rotatable bonds is 1. The van der Waals surface area contributed by atoms with E-state index in [-0.39, 0.29) is 6.10 Å². The highest BCUT2D eigenvalue weighted by Crippen LogP contribution is 2.21. The van der Waals surface area contributed by atoms with Crippen LogP contribution in [0.3, 0.4) is 0 Å². The van der Waals surface area contributed by atoms with Crippen LogP contribution in [0.25, 0.3) is 0 Å². The molecule has 0 aromatic heterocycles. The van der Waals surface area contributed by atoms with E-state index >= 15 is 0 Å². The quantitative estimate of drug-likeness (QED) is 0.763. The second-order valence-electron chi connectivity index (χ2n) is 2.68. The first-order valence-corrected chi connectivity index (χ1v) is 4.34. The minimum absolute atomic E-state index is 0.383.